The molecule has 0 radical (unpaired) electrons. The number of aryl methyl sites for hydroxylation is 1. The Hall–Kier alpha value is -1.07. The molecule has 0 aliphatic heterocycles. The van der Waals surface area contributed by atoms with Crippen LogP contribution in [0.4, 0.5) is 5.95 Å². The number of likely N-dealkylation sites (N-methyl/N-ethyl adjacent to an activating group) is 1. The van der Waals surface area contributed by atoms with E-state index in [9.17, 15) is 0 Å². The van der Waals surface area contributed by atoms with E-state index in [4.69, 9.17) is 4.74 Å². The van der Waals surface area contributed by atoms with Crippen molar-refractivity contribution in [3.63, 3.8) is 0 Å². The Kier molecular flexibility index (Phi) is 6.75. The fraction of sp³-hybridized carbons (Fsp3) is 0.769. The van der Waals surface area contributed by atoms with Gasteiger partial charge in [0.05, 0.1) is 0 Å². The second-order valence-electron chi connectivity index (χ2n) is 4.79. The van der Waals surface area contributed by atoms with Gasteiger partial charge in [0.15, 0.2) is 0 Å². The summed E-state index contributed by atoms with van der Waals surface area (Å²) in [5, 5.41) is 3.38. The second-order valence-corrected chi connectivity index (χ2v) is 4.79. The molecule has 1 aromatic rings. The monoisotopic (exact) mass is 254 g/mol. The standard InChI is InChI=1S/C13H26N4O/c1-12(2)16(3)9-6-14-13-15-7-10-17(13)8-5-11-18-4/h7,10,12H,5-6,8-9,11H2,1-4H3,(H,14,15). The van der Waals surface area contributed by atoms with Gasteiger partial charge in [0.2, 0.25) is 5.95 Å². The van der Waals surface area contributed by atoms with Crippen LogP contribution in [-0.4, -0.2) is 54.3 Å². The lowest BCUT2D eigenvalue weighted by molar-refractivity contribution is 0.190. The van der Waals surface area contributed by atoms with Crippen LogP contribution < -0.4 is 5.32 Å². The summed E-state index contributed by atoms with van der Waals surface area (Å²) < 4.78 is 7.19. The van der Waals surface area contributed by atoms with Gasteiger partial charge >= 0.3 is 0 Å². The SMILES string of the molecule is COCCCn1ccnc1NCCN(C)C(C)C. The van der Waals surface area contributed by atoms with Crippen LogP contribution in [0.3, 0.4) is 0 Å². The van der Waals surface area contributed by atoms with Gasteiger partial charge in [-0.1, -0.05) is 0 Å². The van der Waals surface area contributed by atoms with E-state index < -0.39 is 0 Å². The molecule has 0 amide bonds. The first kappa shape index (κ1) is 15.0. The molecule has 0 fully saturated rings. The third kappa shape index (κ3) is 5.06. The molecule has 1 N–H and O–H groups in total. The molecule has 0 saturated heterocycles. The Morgan fingerprint density at radius 1 is 1.50 bits per heavy atom. The highest BCUT2D eigenvalue weighted by atomic mass is 16.5. The summed E-state index contributed by atoms with van der Waals surface area (Å²) in [5.41, 5.74) is 0. The average Bonchev–Trinajstić information content (AvgIpc) is 2.77. The van der Waals surface area contributed by atoms with Crippen LogP contribution in [-0.2, 0) is 11.3 Å². The first-order valence-electron chi connectivity index (χ1n) is 6.59. The molecule has 1 heterocycles. The maximum Gasteiger partial charge on any atom is 0.202 e. The average molecular weight is 254 g/mol. The van der Waals surface area contributed by atoms with Crippen LogP contribution in [0.15, 0.2) is 12.4 Å². The third-order valence-electron chi connectivity index (χ3n) is 3.09. The first-order valence-corrected chi connectivity index (χ1v) is 6.59. The van der Waals surface area contributed by atoms with E-state index >= 15 is 0 Å². The zero-order valence-electron chi connectivity index (χ0n) is 12.0. The molecule has 104 valence electrons. The third-order valence-corrected chi connectivity index (χ3v) is 3.09. The van der Waals surface area contributed by atoms with Crippen molar-refractivity contribution < 1.29 is 4.74 Å². The van der Waals surface area contributed by atoms with Crippen molar-refractivity contribution in [1.82, 2.24) is 14.5 Å². The first-order chi connectivity index (χ1) is 8.65. The number of nitrogens with zero attached hydrogens (tertiary/aromatic N) is 3. The Labute approximate surface area is 110 Å². The molecule has 0 bridgehead atoms. The predicted molar refractivity (Wildman–Crippen MR) is 75.0 cm³/mol. The Balaban J connectivity index is 2.31. The molecule has 5 heteroatoms. The minimum Gasteiger partial charge on any atom is -0.385 e. The van der Waals surface area contributed by atoms with Crippen molar-refractivity contribution in [1.29, 1.82) is 0 Å². The number of imidazole rings is 1. The molecular formula is C13H26N4O. The Bertz CT molecular complexity index is 325. The van der Waals surface area contributed by atoms with Crippen molar-refractivity contribution in [3.8, 4) is 0 Å². The van der Waals surface area contributed by atoms with E-state index in [2.05, 4.69) is 40.7 Å². The van der Waals surface area contributed by atoms with Crippen molar-refractivity contribution in [2.24, 2.45) is 0 Å². The van der Waals surface area contributed by atoms with Gasteiger partial charge in [-0.2, -0.15) is 0 Å². The van der Waals surface area contributed by atoms with E-state index in [1.165, 1.54) is 0 Å². The van der Waals surface area contributed by atoms with Gasteiger partial charge in [0.25, 0.3) is 0 Å². The van der Waals surface area contributed by atoms with Gasteiger partial charge in [-0.3, -0.25) is 0 Å². The molecule has 0 aliphatic rings. The quantitative estimate of drug-likeness (QED) is 0.681. The molecule has 1 rings (SSSR count). The maximum atomic E-state index is 5.06. The maximum absolute atomic E-state index is 5.06. The molecule has 0 spiro atoms. The van der Waals surface area contributed by atoms with Crippen molar-refractivity contribution in [2.45, 2.75) is 32.9 Å². The van der Waals surface area contributed by atoms with Crippen molar-refractivity contribution in [2.75, 3.05) is 39.2 Å². The summed E-state index contributed by atoms with van der Waals surface area (Å²) >= 11 is 0. The summed E-state index contributed by atoms with van der Waals surface area (Å²) in [4.78, 5) is 6.64. The fourth-order valence-corrected chi connectivity index (χ4v) is 1.64. The van der Waals surface area contributed by atoms with E-state index in [0.717, 1.165) is 38.6 Å². The van der Waals surface area contributed by atoms with Gasteiger partial charge in [0.1, 0.15) is 0 Å². The summed E-state index contributed by atoms with van der Waals surface area (Å²) in [6.45, 7) is 8.06. The highest BCUT2D eigenvalue weighted by molar-refractivity contribution is 5.25. The second kappa shape index (κ2) is 8.11. The number of rotatable bonds is 9. The van der Waals surface area contributed by atoms with Crippen LogP contribution in [0.2, 0.25) is 0 Å². The number of hydrogen-bond donors (Lipinski definition) is 1. The summed E-state index contributed by atoms with van der Waals surface area (Å²) in [6.07, 6.45) is 4.85. The van der Waals surface area contributed by atoms with E-state index in [0.29, 0.717) is 6.04 Å². The minimum atomic E-state index is 0.577. The Morgan fingerprint density at radius 2 is 2.28 bits per heavy atom. The molecule has 5 nitrogen and oxygen atoms in total. The van der Waals surface area contributed by atoms with E-state index in [-0.39, 0.29) is 0 Å². The summed E-state index contributed by atoms with van der Waals surface area (Å²) in [7, 11) is 3.87. The van der Waals surface area contributed by atoms with Crippen molar-refractivity contribution in [3.05, 3.63) is 12.4 Å². The van der Waals surface area contributed by atoms with Crippen LogP contribution in [0.1, 0.15) is 20.3 Å². The number of ether oxygens (including phenoxy) is 1. The van der Waals surface area contributed by atoms with E-state index in [1.807, 2.05) is 12.4 Å². The number of methoxy groups -OCH3 is 1. The van der Waals surface area contributed by atoms with E-state index in [1.54, 1.807) is 7.11 Å². The number of hydrogen-bond acceptors (Lipinski definition) is 4. The van der Waals surface area contributed by atoms with Gasteiger partial charge < -0.3 is 19.5 Å². The zero-order valence-corrected chi connectivity index (χ0v) is 12.0. The summed E-state index contributed by atoms with van der Waals surface area (Å²) in [5.74, 6) is 0.947. The lowest BCUT2D eigenvalue weighted by Crippen LogP contribution is -2.31. The van der Waals surface area contributed by atoms with Gasteiger partial charge in [-0.05, 0) is 27.3 Å². The van der Waals surface area contributed by atoms with Crippen LogP contribution in [0.25, 0.3) is 0 Å². The highest BCUT2D eigenvalue weighted by Gasteiger charge is 2.04. The van der Waals surface area contributed by atoms with Crippen LogP contribution in [0.5, 0.6) is 0 Å². The number of anilines is 1. The number of aromatic nitrogens is 2. The van der Waals surface area contributed by atoms with Crippen molar-refractivity contribution >= 4 is 5.95 Å². The largest absolute Gasteiger partial charge is 0.385 e. The normalized spacial score (nSPS) is 11.4. The molecule has 18 heavy (non-hydrogen) atoms. The molecule has 0 aromatic carbocycles. The molecule has 0 unspecified atom stereocenters. The minimum absolute atomic E-state index is 0.577. The Morgan fingerprint density at radius 3 is 2.94 bits per heavy atom. The van der Waals surface area contributed by atoms with Crippen LogP contribution >= 0.6 is 0 Å². The number of nitrogens with one attached hydrogen (secondary N) is 1. The fourth-order valence-electron chi connectivity index (χ4n) is 1.64. The molecular weight excluding hydrogens is 228 g/mol. The van der Waals surface area contributed by atoms with Gasteiger partial charge in [-0.25, -0.2) is 4.98 Å². The van der Waals surface area contributed by atoms with Gasteiger partial charge in [0, 0.05) is 51.8 Å². The zero-order chi connectivity index (χ0) is 13.4. The smallest absolute Gasteiger partial charge is 0.202 e. The van der Waals surface area contributed by atoms with Crippen LogP contribution in [0, 0.1) is 0 Å². The molecule has 0 atom stereocenters. The molecule has 0 aliphatic carbocycles. The summed E-state index contributed by atoms with van der Waals surface area (Å²) in [6, 6.07) is 0.577. The lowest BCUT2D eigenvalue weighted by atomic mass is 10.3. The lowest BCUT2D eigenvalue weighted by Gasteiger charge is -2.21. The van der Waals surface area contributed by atoms with Gasteiger partial charge in [-0.15, -0.1) is 0 Å². The highest BCUT2D eigenvalue weighted by Crippen LogP contribution is 2.05. The molecule has 1 aromatic heterocycles. The molecule has 0 saturated carbocycles. The topological polar surface area (TPSA) is 42.3 Å². The predicted octanol–water partition coefficient (Wildman–Crippen LogP) is 1.67.